The number of anilines is 1. The van der Waals surface area contributed by atoms with E-state index in [-0.39, 0.29) is 11.4 Å². The Morgan fingerprint density at radius 2 is 2.06 bits per heavy atom. The number of hydrogen-bond donors (Lipinski definition) is 1. The molecule has 0 aliphatic heterocycles. The number of nitrogens with zero attached hydrogens (tertiary/aromatic N) is 2. The molecule has 6 nitrogen and oxygen atoms in total. The lowest BCUT2D eigenvalue weighted by Gasteiger charge is -2.19. The molecule has 0 atom stereocenters. The topological polar surface area (TPSA) is 73.2 Å². The van der Waals surface area contributed by atoms with Gasteiger partial charge in [0.1, 0.15) is 5.60 Å². The molecule has 1 N–H and O–H groups in total. The summed E-state index contributed by atoms with van der Waals surface area (Å²) in [4.78, 5) is 22.4. The van der Waals surface area contributed by atoms with Crippen LogP contribution in [0.25, 0.3) is 0 Å². The number of aromatic nitrogens is 2. The van der Waals surface area contributed by atoms with E-state index in [2.05, 4.69) is 10.4 Å². The van der Waals surface area contributed by atoms with Crippen molar-refractivity contribution >= 4 is 11.9 Å². The molecular formula is C10H15N3O3. The molecule has 0 aliphatic carbocycles. The third-order valence-corrected chi connectivity index (χ3v) is 1.59. The minimum absolute atomic E-state index is 0.241. The predicted octanol–water partition coefficient (Wildman–Crippen LogP) is 1.13. The molecule has 0 saturated heterocycles. The zero-order chi connectivity index (χ0) is 12.3. The lowest BCUT2D eigenvalue weighted by atomic mass is 10.2. The zero-order valence-electron chi connectivity index (χ0n) is 9.77. The first kappa shape index (κ1) is 12.2. The van der Waals surface area contributed by atoms with Crippen LogP contribution in [0, 0.1) is 0 Å². The van der Waals surface area contributed by atoms with Crippen LogP contribution >= 0.6 is 0 Å². The minimum atomic E-state index is -0.598. The SMILES string of the molecule is Cn1nc(NC(=O)OC(C)(C)C)ccc1=O. The molecular weight excluding hydrogens is 210 g/mol. The Morgan fingerprint density at radius 1 is 1.44 bits per heavy atom. The van der Waals surface area contributed by atoms with Crippen molar-refractivity contribution in [3.63, 3.8) is 0 Å². The van der Waals surface area contributed by atoms with Gasteiger partial charge in [0.05, 0.1) is 0 Å². The molecule has 1 aromatic rings. The van der Waals surface area contributed by atoms with Gasteiger partial charge >= 0.3 is 6.09 Å². The number of carbonyl (C=O) groups excluding carboxylic acids is 1. The third-order valence-electron chi connectivity index (χ3n) is 1.59. The molecule has 1 heterocycles. The van der Waals surface area contributed by atoms with Gasteiger partial charge in [-0.2, -0.15) is 5.10 Å². The monoisotopic (exact) mass is 225 g/mol. The number of carbonyl (C=O) groups is 1. The lowest BCUT2D eigenvalue weighted by molar-refractivity contribution is 0.0635. The third kappa shape index (κ3) is 3.72. The largest absolute Gasteiger partial charge is 0.444 e. The van der Waals surface area contributed by atoms with E-state index in [9.17, 15) is 9.59 Å². The first-order chi connectivity index (χ1) is 7.28. The Hall–Kier alpha value is -1.85. The second-order valence-electron chi connectivity index (χ2n) is 4.31. The van der Waals surface area contributed by atoms with Crippen molar-refractivity contribution in [2.75, 3.05) is 5.32 Å². The van der Waals surface area contributed by atoms with Crippen LogP contribution in [0.5, 0.6) is 0 Å². The number of hydrogen-bond acceptors (Lipinski definition) is 4. The maximum atomic E-state index is 11.4. The van der Waals surface area contributed by atoms with Crippen molar-refractivity contribution in [2.24, 2.45) is 7.05 Å². The van der Waals surface area contributed by atoms with Gasteiger partial charge in [0.25, 0.3) is 5.56 Å². The Morgan fingerprint density at radius 3 is 2.56 bits per heavy atom. The van der Waals surface area contributed by atoms with Gasteiger partial charge in [-0.1, -0.05) is 0 Å². The molecule has 0 saturated carbocycles. The van der Waals surface area contributed by atoms with E-state index in [0.29, 0.717) is 0 Å². The minimum Gasteiger partial charge on any atom is -0.444 e. The maximum Gasteiger partial charge on any atom is 0.413 e. The van der Waals surface area contributed by atoms with Gasteiger partial charge in [-0.15, -0.1) is 0 Å². The fourth-order valence-electron chi connectivity index (χ4n) is 0.977. The van der Waals surface area contributed by atoms with Crippen LogP contribution in [0.2, 0.25) is 0 Å². The maximum absolute atomic E-state index is 11.4. The first-order valence-corrected chi connectivity index (χ1v) is 4.82. The summed E-state index contributed by atoms with van der Waals surface area (Å²) >= 11 is 0. The normalized spacial score (nSPS) is 11.0. The van der Waals surface area contributed by atoms with Gasteiger partial charge in [-0.05, 0) is 26.8 Å². The first-order valence-electron chi connectivity index (χ1n) is 4.82. The van der Waals surface area contributed by atoms with E-state index in [1.165, 1.54) is 19.2 Å². The van der Waals surface area contributed by atoms with Crippen molar-refractivity contribution in [3.05, 3.63) is 22.5 Å². The molecule has 0 bridgehead atoms. The fourth-order valence-corrected chi connectivity index (χ4v) is 0.977. The van der Waals surface area contributed by atoms with E-state index < -0.39 is 11.7 Å². The summed E-state index contributed by atoms with van der Waals surface area (Å²) in [5.74, 6) is 0.274. The van der Waals surface area contributed by atoms with Gasteiger partial charge < -0.3 is 4.74 Å². The molecule has 0 aliphatic rings. The van der Waals surface area contributed by atoms with Crippen LogP contribution in [0.3, 0.4) is 0 Å². The highest BCUT2D eigenvalue weighted by atomic mass is 16.6. The van der Waals surface area contributed by atoms with Crippen molar-refractivity contribution in [1.82, 2.24) is 9.78 Å². The highest BCUT2D eigenvalue weighted by molar-refractivity contribution is 5.83. The summed E-state index contributed by atoms with van der Waals surface area (Å²) < 4.78 is 6.17. The highest BCUT2D eigenvalue weighted by Crippen LogP contribution is 2.08. The molecule has 0 aromatic carbocycles. The molecule has 6 heteroatoms. The van der Waals surface area contributed by atoms with Crippen LogP contribution in [0.4, 0.5) is 10.6 Å². The molecule has 1 amide bonds. The molecule has 1 aromatic heterocycles. The molecule has 0 radical (unpaired) electrons. The summed E-state index contributed by atoms with van der Waals surface area (Å²) in [5, 5.41) is 6.27. The van der Waals surface area contributed by atoms with Gasteiger partial charge in [0.2, 0.25) is 0 Å². The van der Waals surface area contributed by atoms with Gasteiger partial charge in [0.15, 0.2) is 5.82 Å². The van der Waals surface area contributed by atoms with Crippen LogP contribution in [-0.2, 0) is 11.8 Å². The zero-order valence-corrected chi connectivity index (χ0v) is 9.77. The van der Waals surface area contributed by atoms with E-state index in [4.69, 9.17) is 4.74 Å². The Bertz CT molecular complexity index is 445. The highest BCUT2D eigenvalue weighted by Gasteiger charge is 2.16. The fraction of sp³-hybridized carbons (Fsp3) is 0.500. The van der Waals surface area contributed by atoms with Crippen molar-refractivity contribution in [3.8, 4) is 0 Å². The van der Waals surface area contributed by atoms with Gasteiger partial charge in [0, 0.05) is 13.1 Å². The number of aryl methyl sites for hydroxylation is 1. The summed E-state index contributed by atoms with van der Waals surface area (Å²) in [6, 6.07) is 2.74. The standard InChI is InChI=1S/C10H15N3O3/c1-10(2,3)16-9(15)11-7-5-6-8(14)13(4)12-7/h5-6H,1-4H3,(H,11,12,15). The van der Waals surface area contributed by atoms with Crippen LogP contribution in [0.15, 0.2) is 16.9 Å². The average Bonchev–Trinajstić information content (AvgIpc) is 2.08. The molecule has 88 valence electrons. The van der Waals surface area contributed by atoms with Crippen LogP contribution < -0.4 is 10.9 Å². The van der Waals surface area contributed by atoms with Gasteiger partial charge in [-0.25, -0.2) is 9.48 Å². The smallest absolute Gasteiger partial charge is 0.413 e. The summed E-state index contributed by atoms with van der Waals surface area (Å²) in [6.45, 7) is 5.29. The number of rotatable bonds is 1. The van der Waals surface area contributed by atoms with Crippen LogP contribution in [0.1, 0.15) is 20.8 Å². The second-order valence-corrected chi connectivity index (χ2v) is 4.31. The molecule has 1 rings (SSSR count). The Balaban J connectivity index is 2.71. The average molecular weight is 225 g/mol. The van der Waals surface area contributed by atoms with Crippen molar-refractivity contribution in [1.29, 1.82) is 0 Å². The number of ether oxygens (including phenoxy) is 1. The number of amides is 1. The van der Waals surface area contributed by atoms with E-state index in [1.54, 1.807) is 20.8 Å². The summed E-state index contributed by atoms with van der Waals surface area (Å²) in [7, 11) is 1.50. The molecule has 0 unspecified atom stereocenters. The molecule has 0 spiro atoms. The Labute approximate surface area is 93.2 Å². The Kier molecular flexibility index (Phi) is 3.31. The summed E-state index contributed by atoms with van der Waals surface area (Å²) in [6.07, 6.45) is -0.598. The number of nitrogens with one attached hydrogen (secondary N) is 1. The predicted molar refractivity (Wildman–Crippen MR) is 59.3 cm³/mol. The molecule has 0 fully saturated rings. The van der Waals surface area contributed by atoms with Crippen molar-refractivity contribution in [2.45, 2.75) is 26.4 Å². The lowest BCUT2D eigenvalue weighted by Crippen LogP contribution is -2.28. The molecule has 16 heavy (non-hydrogen) atoms. The van der Waals surface area contributed by atoms with E-state index >= 15 is 0 Å². The van der Waals surface area contributed by atoms with Gasteiger partial charge in [-0.3, -0.25) is 10.1 Å². The summed E-state index contributed by atoms with van der Waals surface area (Å²) in [5.41, 5.74) is -0.806. The van der Waals surface area contributed by atoms with Crippen LogP contribution in [-0.4, -0.2) is 21.5 Å². The van der Waals surface area contributed by atoms with Crippen molar-refractivity contribution < 1.29 is 9.53 Å². The second kappa shape index (κ2) is 4.34. The van der Waals surface area contributed by atoms with E-state index in [1.807, 2.05) is 0 Å². The quantitative estimate of drug-likeness (QED) is 0.777. The van der Waals surface area contributed by atoms with E-state index in [0.717, 1.165) is 4.68 Å².